The van der Waals surface area contributed by atoms with Gasteiger partial charge in [0, 0.05) is 36.3 Å². The summed E-state index contributed by atoms with van der Waals surface area (Å²) in [5, 5.41) is 12.4. The molecule has 1 aromatic heterocycles. The third-order valence-electron chi connectivity index (χ3n) is 3.11. The van der Waals surface area contributed by atoms with E-state index < -0.39 is 0 Å². The molecule has 144 valence electrons. The summed E-state index contributed by atoms with van der Waals surface area (Å²) < 4.78 is 0. The molecule has 0 aliphatic rings. The van der Waals surface area contributed by atoms with E-state index in [0.717, 1.165) is 23.7 Å². The van der Waals surface area contributed by atoms with Gasteiger partial charge in [0.05, 0.1) is 17.2 Å². The van der Waals surface area contributed by atoms with Gasteiger partial charge in [-0.3, -0.25) is 9.79 Å². The van der Waals surface area contributed by atoms with Gasteiger partial charge in [0.25, 0.3) is 0 Å². The quantitative estimate of drug-likeness (QED) is 0.343. The summed E-state index contributed by atoms with van der Waals surface area (Å²) in [5.74, 6) is 0.562. The van der Waals surface area contributed by atoms with Crippen LogP contribution in [0, 0.1) is 0 Å². The molecular formula is C17H32IN5OS. The first-order valence-corrected chi connectivity index (χ1v) is 9.09. The van der Waals surface area contributed by atoms with Crippen LogP contribution >= 0.6 is 35.3 Å². The van der Waals surface area contributed by atoms with Gasteiger partial charge in [-0.15, -0.1) is 35.3 Å². The monoisotopic (exact) mass is 481 g/mol. The molecule has 1 heterocycles. The number of nitrogens with one attached hydrogen (secondary N) is 3. The standard InChI is InChI=1S/C17H31N5OS.HI/c1-16(2,3)12-11-24-14(21-12)8-9-19-15(18-7)20-10-13(23)22-17(4,5)6;/h11H,8-10H2,1-7H3,(H,22,23)(H2,18,19,20);1H. The van der Waals surface area contributed by atoms with Crippen molar-refractivity contribution in [3.8, 4) is 0 Å². The molecule has 1 aromatic rings. The minimum atomic E-state index is -0.231. The van der Waals surface area contributed by atoms with Crippen molar-refractivity contribution in [2.24, 2.45) is 4.99 Å². The third-order valence-corrected chi connectivity index (χ3v) is 4.01. The maximum Gasteiger partial charge on any atom is 0.239 e. The highest BCUT2D eigenvalue weighted by Gasteiger charge is 2.17. The van der Waals surface area contributed by atoms with E-state index in [9.17, 15) is 4.79 Å². The Labute approximate surface area is 172 Å². The van der Waals surface area contributed by atoms with Crippen molar-refractivity contribution in [1.82, 2.24) is 20.9 Å². The number of carbonyl (C=O) groups excluding carboxylic acids is 1. The van der Waals surface area contributed by atoms with Crippen LogP contribution in [-0.4, -0.2) is 42.5 Å². The van der Waals surface area contributed by atoms with Gasteiger partial charge in [-0.2, -0.15) is 0 Å². The molecule has 6 nitrogen and oxygen atoms in total. The van der Waals surface area contributed by atoms with Crippen LogP contribution in [0.15, 0.2) is 10.4 Å². The summed E-state index contributed by atoms with van der Waals surface area (Å²) in [6.45, 7) is 13.3. The van der Waals surface area contributed by atoms with Crippen LogP contribution in [0.5, 0.6) is 0 Å². The minimum absolute atomic E-state index is 0. The highest BCUT2D eigenvalue weighted by molar-refractivity contribution is 14.0. The van der Waals surface area contributed by atoms with Crippen LogP contribution < -0.4 is 16.0 Å². The maximum atomic E-state index is 11.8. The zero-order chi connectivity index (χ0) is 18.4. The molecule has 3 N–H and O–H groups in total. The van der Waals surface area contributed by atoms with Crippen molar-refractivity contribution in [2.45, 2.75) is 58.9 Å². The summed E-state index contributed by atoms with van der Waals surface area (Å²) in [6.07, 6.45) is 0.829. The Morgan fingerprint density at radius 3 is 2.32 bits per heavy atom. The number of aliphatic imine (C=N–C) groups is 1. The van der Waals surface area contributed by atoms with E-state index in [4.69, 9.17) is 0 Å². The van der Waals surface area contributed by atoms with Gasteiger partial charge in [0.1, 0.15) is 0 Å². The van der Waals surface area contributed by atoms with E-state index in [1.807, 2.05) is 20.8 Å². The Morgan fingerprint density at radius 2 is 1.84 bits per heavy atom. The van der Waals surface area contributed by atoms with Gasteiger partial charge in [-0.25, -0.2) is 4.98 Å². The molecular weight excluding hydrogens is 449 g/mol. The molecule has 1 rings (SSSR count). The van der Waals surface area contributed by atoms with Crippen LogP contribution in [0.3, 0.4) is 0 Å². The fourth-order valence-corrected chi connectivity index (χ4v) is 2.93. The van der Waals surface area contributed by atoms with Gasteiger partial charge in [0.15, 0.2) is 5.96 Å². The first-order chi connectivity index (χ1) is 11.0. The minimum Gasteiger partial charge on any atom is -0.356 e. The normalized spacial score (nSPS) is 12.4. The first-order valence-electron chi connectivity index (χ1n) is 8.21. The molecule has 0 saturated heterocycles. The Morgan fingerprint density at radius 1 is 1.20 bits per heavy atom. The molecule has 0 radical (unpaired) electrons. The van der Waals surface area contributed by atoms with Crippen LogP contribution in [-0.2, 0) is 16.6 Å². The highest BCUT2D eigenvalue weighted by Crippen LogP contribution is 2.23. The fraction of sp³-hybridized carbons (Fsp3) is 0.706. The lowest BCUT2D eigenvalue weighted by molar-refractivity contribution is -0.121. The molecule has 0 aliphatic carbocycles. The number of thiazole rings is 1. The second-order valence-corrected chi connectivity index (χ2v) is 8.72. The first kappa shape index (κ1) is 24.1. The number of carbonyl (C=O) groups is 1. The molecule has 8 heteroatoms. The Bertz CT molecular complexity index is 572. The summed E-state index contributed by atoms with van der Waals surface area (Å²) in [7, 11) is 1.69. The Hall–Kier alpha value is -0.900. The Balaban J connectivity index is 0.00000576. The van der Waals surface area contributed by atoms with E-state index in [-0.39, 0.29) is 47.4 Å². The third kappa shape index (κ3) is 9.98. The summed E-state index contributed by atoms with van der Waals surface area (Å²) in [5.41, 5.74) is 0.981. The van der Waals surface area contributed by atoms with Gasteiger partial charge in [-0.1, -0.05) is 20.8 Å². The van der Waals surface area contributed by atoms with E-state index in [1.165, 1.54) is 0 Å². The van der Waals surface area contributed by atoms with E-state index >= 15 is 0 Å². The van der Waals surface area contributed by atoms with Crippen molar-refractivity contribution in [3.63, 3.8) is 0 Å². The van der Waals surface area contributed by atoms with Crippen LogP contribution in [0.25, 0.3) is 0 Å². The van der Waals surface area contributed by atoms with Gasteiger partial charge >= 0.3 is 0 Å². The number of aromatic nitrogens is 1. The molecule has 0 aliphatic heterocycles. The van der Waals surface area contributed by atoms with Gasteiger partial charge < -0.3 is 16.0 Å². The molecule has 25 heavy (non-hydrogen) atoms. The lowest BCUT2D eigenvalue weighted by Gasteiger charge is -2.21. The molecule has 1 amide bonds. The largest absolute Gasteiger partial charge is 0.356 e. The maximum absolute atomic E-state index is 11.8. The van der Waals surface area contributed by atoms with E-state index in [2.05, 4.69) is 52.1 Å². The molecule has 0 fully saturated rings. The molecule has 0 unspecified atom stereocenters. The molecule has 0 bridgehead atoms. The molecule has 0 aromatic carbocycles. The summed E-state index contributed by atoms with van der Waals surface area (Å²) >= 11 is 1.68. The predicted octanol–water partition coefficient (Wildman–Crippen LogP) is 2.68. The molecule has 0 atom stereocenters. The fourth-order valence-electron chi connectivity index (χ4n) is 1.91. The number of guanidine groups is 1. The van der Waals surface area contributed by atoms with Crippen molar-refractivity contribution >= 4 is 47.2 Å². The van der Waals surface area contributed by atoms with Crippen molar-refractivity contribution in [2.75, 3.05) is 20.1 Å². The van der Waals surface area contributed by atoms with Crippen molar-refractivity contribution in [1.29, 1.82) is 0 Å². The topological polar surface area (TPSA) is 78.4 Å². The van der Waals surface area contributed by atoms with Crippen molar-refractivity contribution in [3.05, 3.63) is 16.1 Å². The second-order valence-electron chi connectivity index (χ2n) is 7.78. The van der Waals surface area contributed by atoms with Gasteiger partial charge in [0.2, 0.25) is 5.91 Å². The average molecular weight is 481 g/mol. The molecule has 0 spiro atoms. The molecule has 0 saturated carbocycles. The zero-order valence-corrected chi connectivity index (χ0v) is 19.5. The van der Waals surface area contributed by atoms with Crippen molar-refractivity contribution < 1.29 is 4.79 Å². The Kier molecular flexibility index (Phi) is 9.93. The summed E-state index contributed by atoms with van der Waals surface area (Å²) in [6, 6.07) is 0. The van der Waals surface area contributed by atoms with E-state index in [1.54, 1.807) is 18.4 Å². The highest BCUT2D eigenvalue weighted by atomic mass is 127. The SMILES string of the molecule is CN=C(NCCc1nc(C(C)(C)C)cs1)NCC(=O)NC(C)(C)C.I. The number of rotatable bonds is 5. The average Bonchev–Trinajstić information content (AvgIpc) is 2.89. The lowest BCUT2D eigenvalue weighted by atomic mass is 9.93. The van der Waals surface area contributed by atoms with Crippen LogP contribution in [0.4, 0.5) is 0 Å². The zero-order valence-electron chi connectivity index (χ0n) is 16.3. The number of hydrogen-bond acceptors (Lipinski definition) is 4. The van der Waals surface area contributed by atoms with Gasteiger partial charge in [-0.05, 0) is 20.8 Å². The van der Waals surface area contributed by atoms with Crippen LogP contribution in [0.2, 0.25) is 0 Å². The van der Waals surface area contributed by atoms with E-state index in [0.29, 0.717) is 5.96 Å². The number of nitrogens with zero attached hydrogens (tertiary/aromatic N) is 2. The summed E-state index contributed by atoms with van der Waals surface area (Å²) in [4.78, 5) is 20.6. The van der Waals surface area contributed by atoms with Crippen LogP contribution in [0.1, 0.15) is 52.2 Å². The number of halogens is 1. The predicted molar refractivity (Wildman–Crippen MR) is 117 cm³/mol. The number of amides is 1. The lowest BCUT2D eigenvalue weighted by Crippen LogP contribution is -2.48. The number of hydrogen-bond donors (Lipinski definition) is 3. The smallest absolute Gasteiger partial charge is 0.239 e. The second kappa shape index (κ2) is 10.3.